The molecule has 4 heteroatoms. The Hall–Kier alpha value is -0.670. The van der Waals surface area contributed by atoms with Crippen LogP contribution in [0.25, 0.3) is 0 Å². The number of benzene rings is 1. The molecule has 1 aliphatic heterocycles. The van der Waals surface area contributed by atoms with Gasteiger partial charge in [0.1, 0.15) is 0 Å². The second-order valence-corrected chi connectivity index (χ2v) is 4.89. The number of likely N-dealkylation sites (tertiary alicyclic amines) is 1. The Balaban J connectivity index is 2.06. The van der Waals surface area contributed by atoms with Gasteiger partial charge in [-0.25, -0.2) is 0 Å². The molecule has 1 saturated heterocycles. The van der Waals surface area contributed by atoms with Crippen LogP contribution in [0.5, 0.6) is 0 Å². The maximum absolute atomic E-state index is 11.7. The summed E-state index contributed by atoms with van der Waals surface area (Å²) in [6, 6.07) is 7.66. The third kappa shape index (κ3) is 2.53. The normalized spacial score (nSPS) is 20.5. The number of nitrogens with zero attached hydrogens (tertiary/aromatic N) is 1. The van der Waals surface area contributed by atoms with Crippen LogP contribution in [-0.4, -0.2) is 23.1 Å². The number of halogens is 1. The number of carbonyl (C=O) groups excluding carboxylic acids is 1. The molecule has 0 bridgehead atoms. The molecule has 1 fully saturated rings. The molecular weight excluding hydrogens is 242 g/mol. The first-order valence-electron chi connectivity index (χ1n) is 5.32. The fourth-order valence-electron chi connectivity index (χ4n) is 1.96. The van der Waals surface area contributed by atoms with Crippen LogP contribution < -0.4 is 0 Å². The highest BCUT2D eigenvalue weighted by atomic mass is 35.5. The number of thiol groups is 1. The molecule has 0 saturated carbocycles. The average Bonchev–Trinajstić information content (AvgIpc) is 2.63. The summed E-state index contributed by atoms with van der Waals surface area (Å²) in [6.07, 6.45) is 0.619. The predicted molar refractivity (Wildman–Crippen MR) is 68.8 cm³/mol. The molecule has 0 radical (unpaired) electrons. The van der Waals surface area contributed by atoms with Gasteiger partial charge in [-0.2, -0.15) is 12.6 Å². The second kappa shape index (κ2) is 5.11. The minimum atomic E-state index is 0.207. The highest BCUT2D eigenvalue weighted by Gasteiger charge is 2.28. The summed E-state index contributed by atoms with van der Waals surface area (Å²) in [5, 5.41) is 0.727. The third-order valence-electron chi connectivity index (χ3n) is 2.87. The molecule has 0 spiro atoms. The zero-order valence-corrected chi connectivity index (χ0v) is 10.5. The molecule has 1 unspecified atom stereocenters. The summed E-state index contributed by atoms with van der Waals surface area (Å²) in [4.78, 5) is 13.6. The van der Waals surface area contributed by atoms with Crippen molar-refractivity contribution >= 4 is 30.1 Å². The van der Waals surface area contributed by atoms with Crippen molar-refractivity contribution in [3.05, 3.63) is 34.9 Å². The fraction of sp³-hybridized carbons (Fsp3) is 0.417. The highest BCUT2D eigenvalue weighted by Crippen LogP contribution is 2.23. The number of carbonyl (C=O) groups is 1. The minimum Gasteiger partial charge on any atom is -0.338 e. The molecule has 16 heavy (non-hydrogen) atoms. The highest BCUT2D eigenvalue weighted by molar-refractivity contribution is 7.80. The quantitative estimate of drug-likeness (QED) is 0.824. The maximum Gasteiger partial charge on any atom is 0.223 e. The molecule has 0 N–H and O–H groups in total. The van der Waals surface area contributed by atoms with E-state index in [1.165, 1.54) is 0 Å². The van der Waals surface area contributed by atoms with Gasteiger partial charge in [0, 0.05) is 24.5 Å². The van der Waals surface area contributed by atoms with Crippen molar-refractivity contribution in [1.29, 1.82) is 0 Å². The lowest BCUT2D eigenvalue weighted by atomic mass is 10.1. The monoisotopic (exact) mass is 255 g/mol. The van der Waals surface area contributed by atoms with Crippen molar-refractivity contribution in [2.24, 2.45) is 5.92 Å². The maximum atomic E-state index is 11.7. The summed E-state index contributed by atoms with van der Waals surface area (Å²) in [7, 11) is 0. The Morgan fingerprint density at radius 2 is 2.19 bits per heavy atom. The van der Waals surface area contributed by atoms with Crippen LogP contribution in [0.3, 0.4) is 0 Å². The Bertz CT molecular complexity index is 396. The number of rotatable bonds is 3. The molecule has 0 aromatic heterocycles. The van der Waals surface area contributed by atoms with E-state index in [1.54, 1.807) is 0 Å². The van der Waals surface area contributed by atoms with E-state index in [1.807, 2.05) is 29.2 Å². The van der Waals surface area contributed by atoms with Gasteiger partial charge in [0.15, 0.2) is 0 Å². The van der Waals surface area contributed by atoms with Crippen molar-refractivity contribution < 1.29 is 4.79 Å². The summed E-state index contributed by atoms with van der Waals surface area (Å²) in [6.45, 7) is 1.41. The molecule has 2 rings (SSSR count). The minimum absolute atomic E-state index is 0.207. The lowest BCUT2D eigenvalue weighted by Crippen LogP contribution is -2.24. The van der Waals surface area contributed by atoms with Gasteiger partial charge in [-0.05, 0) is 23.3 Å². The van der Waals surface area contributed by atoms with E-state index in [0.717, 1.165) is 22.9 Å². The molecular formula is C12H14ClNOS. The topological polar surface area (TPSA) is 20.3 Å². The van der Waals surface area contributed by atoms with Gasteiger partial charge in [0.25, 0.3) is 0 Å². The van der Waals surface area contributed by atoms with Gasteiger partial charge in [-0.3, -0.25) is 4.79 Å². The van der Waals surface area contributed by atoms with E-state index in [2.05, 4.69) is 12.6 Å². The first kappa shape index (κ1) is 11.8. The summed E-state index contributed by atoms with van der Waals surface area (Å²) in [5.74, 6) is 1.36. The Morgan fingerprint density at radius 3 is 2.81 bits per heavy atom. The molecule has 86 valence electrons. The van der Waals surface area contributed by atoms with Crippen LogP contribution in [0.2, 0.25) is 5.02 Å². The smallest absolute Gasteiger partial charge is 0.223 e. The third-order valence-corrected chi connectivity index (χ3v) is 3.76. The zero-order valence-electron chi connectivity index (χ0n) is 8.90. The van der Waals surface area contributed by atoms with E-state index >= 15 is 0 Å². The van der Waals surface area contributed by atoms with Crippen molar-refractivity contribution in [2.75, 3.05) is 12.3 Å². The van der Waals surface area contributed by atoms with Gasteiger partial charge in [-0.1, -0.05) is 29.8 Å². The Labute approximate surface area is 106 Å². The Kier molecular flexibility index (Phi) is 3.77. The van der Waals surface area contributed by atoms with Crippen LogP contribution in [-0.2, 0) is 11.3 Å². The molecule has 2 nitrogen and oxygen atoms in total. The van der Waals surface area contributed by atoms with Crippen LogP contribution in [0.4, 0.5) is 0 Å². The molecule has 1 atom stereocenters. The largest absolute Gasteiger partial charge is 0.338 e. The van der Waals surface area contributed by atoms with Gasteiger partial charge < -0.3 is 4.90 Å². The van der Waals surface area contributed by atoms with Gasteiger partial charge in [0.05, 0.1) is 0 Å². The van der Waals surface area contributed by atoms with Crippen LogP contribution in [0, 0.1) is 5.92 Å². The first-order chi connectivity index (χ1) is 7.70. The van der Waals surface area contributed by atoms with Gasteiger partial charge >= 0.3 is 0 Å². The number of hydrogen-bond donors (Lipinski definition) is 1. The van der Waals surface area contributed by atoms with Crippen molar-refractivity contribution in [3.8, 4) is 0 Å². The van der Waals surface area contributed by atoms with Crippen LogP contribution in [0.15, 0.2) is 24.3 Å². The standard InChI is InChI=1S/C12H14ClNOS/c13-11-4-2-1-3-10(11)7-14-6-9(8-16)5-12(14)15/h1-4,9,16H,5-8H2. The summed E-state index contributed by atoms with van der Waals surface area (Å²) in [5.41, 5.74) is 1.01. The molecule has 1 amide bonds. The first-order valence-corrected chi connectivity index (χ1v) is 6.34. The summed E-state index contributed by atoms with van der Waals surface area (Å²) < 4.78 is 0. The van der Waals surface area contributed by atoms with E-state index in [9.17, 15) is 4.79 Å². The second-order valence-electron chi connectivity index (χ2n) is 4.12. The lowest BCUT2D eigenvalue weighted by Gasteiger charge is -2.17. The SMILES string of the molecule is O=C1CC(CS)CN1Cc1ccccc1Cl. The molecule has 1 heterocycles. The van der Waals surface area contributed by atoms with Gasteiger partial charge in [0.2, 0.25) is 5.91 Å². The molecule has 1 aromatic carbocycles. The van der Waals surface area contributed by atoms with Crippen molar-refractivity contribution in [1.82, 2.24) is 4.90 Å². The van der Waals surface area contributed by atoms with E-state index in [4.69, 9.17) is 11.6 Å². The van der Waals surface area contributed by atoms with Crippen molar-refractivity contribution in [3.63, 3.8) is 0 Å². The zero-order chi connectivity index (χ0) is 11.5. The fourth-order valence-corrected chi connectivity index (χ4v) is 2.40. The lowest BCUT2D eigenvalue weighted by molar-refractivity contribution is -0.128. The van der Waals surface area contributed by atoms with E-state index in [-0.39, 0.29) is 5.91 Å². The molecule has 1 aromatic rings. The Morgan fingerprint density at radius 1 is 1.44 bits per heavy atom. The van der Waals surface area contributed by atoms with E-state index in [0.29, 0.717) is 18.9 Å². The summed E-state index contributed by atoms with van der Waals surface area (Å²) >= 11 is 10.3. The molecule has 0 aliphatic carbocycles. The predicted octanol–water partition coefficient (Wildman–Crippen LogP) is 2.62. The van der Waals surface area contributed by atoms with Crippen LogP contribution in [0.1, 0.15) is 12.0 Å². The van der Waals surface area contributed by atoms with Crippen molar-refractivity contribution in [2.45, 2.75) is 13.0 Å². The van der Waals surface area contributed by atoms with E-state index < -0.39 is 0 Å². The average molecular weight is 256 g/mol. The number of amides is 1. The van der Waals surface area contributed by atoms with Gasteiger partial charge in [-0.15, -0.1) is 0 Å². The number of hydrogen-bond acceptors (Lipinski definition) is 2. The van der Waals surface area contributed by atoms with Crippen LogP contribution >= 0.6 is 24.2 Å². The molecule has 1 aliphatic rings.